The Labute approximate surface area is 118 Å². The number of likely N-dealkylation sites (tertiary alicyclic amines) is 1. The lowest BCUT2D eigenvalue weighted by molar-refractivity contribution is 0.0702. The van der Waals surface area contributed by atoms with Crippen LogP contribution in [0.2, 0.25) is 0 Å². The lowest BCUT2D eigenvalue weighted by Gasteiger charge is -2.31. The maximum atomic E-state index is 11.0. The minimum absolute atomic E-state index is 0.446. The summed E-state index contributed by atoms with van der Waals surface area (Å²) in [7, 11) is 1.76. The smallest absolute Gasteiger partial charge is 0.345 e. The van der Waals surface area contributed by atoms with Crippen LogP contribution in [-0.4, -0.2) is 42.8 Å². The monoisotopic (exact) mass is 283 g/mol. The van der Waals surface area contributed by atoms with E-state index in [0.29, 0.717) is 10.8 Å². The third-order valence-electron chi connectivity index (χ3n) is 3.73. The van der Waals surface area contributed by atoms with E-state index in [9.17, 15) is 4.79 Å². The van der Waals surface area contributed by atoms with E-state index in [2.05, 4.69) is 4.90 Å². The number of aromatic carboxylic acids is 1. The number of thiophene rings is 1. The summed E-state index contributed by atoms with van der Waals surface area (Å²) in [6.07, 6.45) is 2.34. The average Bonchev–Trinajstić information content (AvgIpc) is 2.74. The van der Waals surface area contributed by atoms with Gasteiger partial charge >= 0.3 is 5.97 Å². The van der Waals surface area contributed by atoms with Crippen LogP contribution in [0.3, 0.4) is 0 Å². The molecule has 0 atom stereocenters. The van der Waals surface area contributed by atoms with Gasteiger partial charge < -0.3 is 9.84 Å². The van der Waals surface area contributed by atoms with Crippen LogP contribution in [0.4, 0.5) is 0 Å². The molecule has 106 valence electrons. The van der Waals surface area contributed by atoms with Crippen molar-refractivity contribution in [3.05, 3.63) is 21.4 Å². The lowest BCUT2D eigenvalue weighted by atomic mass is 9.97. The highest BCUT2D eigenvalue weighted by Crippen LogP contribution is 2.25. The van der Waals surface area contributed by atoms with Crippen LogP contribution < -0.4 is 0 Å². The van der Waals surface area contributed by atoms with Crippen molar-refractivity contribution >= 4 is 17.3 Å². The quantitative estimate of drug-likeness (QED) is 0.902. The Balaban J connectivity index is 1.90. The molecular weight excluding hydrogens is 262 g/mol. The van der Waals surface area contributed by atoms with Gasteiger partial charge in [-0.15, -0.1) is 11.3 Å². The van der Waals surface area contributed by atoms with Gasteiger partial charge in [-0.3, -0.25) is 4.90 Å². The van der Waals surface area contributed by atoms with Gasteiger partial charge in [-0.05, 0) is 50.4 Å². The van der Waals surface area contributed by atoms with Crippen LogP contribution in [0, 0.1) is 12.8 Å². The molecule has 4 nitrogen and oxygen atoms in total. The number of rotatable bonds is 5. The molecule has 0 amide bonds. The molecule has 1 aromatic heterocycles. The normalized spacial score (nSPS) is 17.8. The fraction of sp³-hybridized carbons (Fsp3) is 0.643. The van der Waals surface area contributed by atoms with Crippen molar-refractivity contribution in [1.29, 1.82) is 0 Å². The van der Waals surface area contributed by atoms with Gasteiger partial charge in [-0.1, -0.05) is 0 Å². The van der Waals surface area contributed by atoms with Gasteiger partial charge in [0.1, 0.15) is 4.88 Å². The van der Waals surface area contributed by atoms with Gasteiger partial charge in [-0.25, -0.2) is 4.79 Å². The van der Waals surface area contributed by atoms with Crippen LogP contribution >= 0.6 is 11.3 Å². The van der Waals surface area contributed by atoms with E-state index in [1.165, 1.54) is 24.2 Å². The number of hydrogen-bond donors (Lipinski definition) is 1. The average molecular weight is 283 g/mol. The summed E-state index contributed by atoms with van der Waals surface area (Å²) < 4.78 is 5.20. The number of nitrogens with zero attached hydrogens (tertiary/aromatic N) is 1. The molecule has 1 aromatic rings. The summed E-state index contributed by atoms with van der Waals surface area (Å²) in [5.41, 5.74) is 1.16. The van der Waals surface area contributed by atoms with Crippen LogP contribution in [0.1, 0.15) is 33.0 Å². The van der Waals surface area contributed by atoms with Crippen molar-refractivity contribution in [3.63, 3.8) is 0 Å². The molecule has 0 bridgehead atoms. The van der Waals surface area contributed by atoms with Crippen molar-refractivity contribution in [3.8, 4) is 0 Å². The Morgan fingerprint density at radius 2 is 2.21 bits per heavy atom. The second-order valence-corrected chi connectivity index (χ2v) is 6.43. The first-order chi connectivity index (χ1) is 9.10. The summed E-state index contributed by atoms with van der Waals surface area (Å²) in [4.78, 5) is 14.9. The third-order valence-corrected chi connectivity index (χ3v) is 4.82. The zero-order valence-electron chi connectivity index (χ0n) is 11.5. The second kappa shape index (κ2) is 6.50. The minimum Gasteiger partial charge on any atom is -0.477 e. The molecule has 1 N–H and O–H groups in total. The third kappa shape index (κ3) is 3.78. The number of hydrogen-bond acceptors (Lipinski definition) is 4. The van der Waals surface area contributed by atoms with Crippen molar-refractivity contribution < 1.29 is 14.6 Å². The maximum Gasteiger partial charge on any atom is 0.345 e. The fourth-order valence-corrected chi connectivity index (χ4v) is 3.44. The van der Waals surface area contributed by atoms with Gasteiger partial charge in [0, 0.05) is 25.1 Å². The van der Waals surface area contributed by atoms with Crippen LogP contribution in [-0.2, 0) is 11.3 Å². The van der Waals surface area contributed by atoms with Crippen LogP contribution in [0.25, 0.3) is 0 Å². The second-order valence-electron chi connectivity index (χ2n) is 5.17. The Morgan fingerprint density at radius 1 is 1.53 bits per heavy atom. The highest BCUT2D eigenvalue weighted by Gasteiger charge is 2.20. The molecule has 0 saturated carbocycles. The predicted octanol–water partition coefficient (Wildman–Crippen LogP) is 2.61. The molecule has 0 aromatic carbocycles. The molecule has 1 saturated heterocycles. The van der Waals surface area contributed by atoms with E-state index < -0.39 is 5.97 Å². The molecule has 19 heavy (non-hydrogen) atoms. The molecule has 1 aliphatic heterocycles. The molecule has 2 rings (SSSR count). The van der Waals surface area contributed by atoms with Gasteiger partial charge in [0.15, 0.2) is 0 Å². The first-order valence-electron chi connectivity index (χ1n) is 6.64. The van der Waals surface area contributed by atoms with E-state index in [-0.39, 0.29) is 0 Å². The van der Waals surface area contributed by atoms with Crippen molar-refractivity contribution in [2.24, 2.45) is 5.92 Å². The van der Waals surface area contributed by atoms with Crippen molar-refractivity contribution in [1.82, 2.24) is 4.90 Å². The zero-order valence-corrected chi connectivity index (χ0v) is 12.3. The summed E-state index contributed by atoms with van der Waals surface area (Å²) in [6.45, 7) is 5.88. The molecule has 0 spiro atoms. The minimum atomic E-state index is -0.821. The largest absolute Gasteiger partial charge is 0.477 e. The van der Waals surface area contributed by atoms with E-state index in [4.69, 9.17) is 9.84 Å². The Bertz CT molecular complexity index is 436. The molecule has 2 heterocycles. The van der Waals surface area contributed by atoms with Crippen molar-refractivity contribution in [2.45, 2.75) is 26.3 Å². The lowest BCUT2D eigenvalue weighted by Crippen LogP contribution is -2.34. The molecule has 1 aliphatic rings. The van der Waals surface area contributed by atoms with Gasteiger partial charge in [-0.2, -0.15) is 0 Å². The topological polar surface area (TPSA) is 49.8 Å². The van der Waals surface area contributed by atoms with E-state index in [0.717, 1.165) is 36.7 Å². The standard InChI is InChI=1S/C14H21NO3S/c1-10-12(7-13(19-10)14(16)17)8-15-5-3-11(4-6-15)9-18-2/h7,11H,3-6,8-9H2,1-2H3,(H,16,17). The van der Waals surface area contributed by atoms with Crippen LogP contribution in [0.5, 0.6) is 0 Å². The molecule has 0 aliphatic carbocycles. The SMILES string of the molecule is COCC1CCN(Cc2cc(C(=O)O)sc2C)CC1. The van der Waals surface area contributed by atoms with E-state index in [1.807, 2.05) is 13.0 Å². The number of carboxylic acid groups (broad SMARTS) is 1. The molecule has 0 unspecified atom stereocenters. The number of carbonyl (C=O) groups is 1. The highest BCUT2D eigenvalue weighted by atomic mass is 32.1. The Hall–Kier alpha value is -0.910. The number of aryl methyl sites for hydroxylation is 1. The number of ether oxygens (including phenoxy) is 1. The first-order valence-corrected chi connectivity index (χ1v) is 7.45. The van der Waals surface area contributed by atoms with E-state index in [1.54, 1.807) is 7.11 Å². The Kier molecular flexibility index (Phi) is 4.96. The molecule has 1 fully saturated rings. The maximum absolute atomic E-state index is 11.0. The van der Waals surface area contributed by atoms with Crippen molar-refractivity contribution in [2.75, 3.05) is 26.8 Å². The molecule has 5 heteroatoms. The van der Waals surface area contributed by atoms with E-state index >= 15 is 0 Å². The summed E-state index contributed by atoms with van der Waals surface area (Å²) in [5.74, 6) is -0.141. The highest BCUT2D eigenvalue weighted by molar-refractivity contribution is 7.14. The predicted molar refractivity (Wildman–Crippen MR) is 75.9 cm³/mol. The van der Waals surface area contributed by atoms with Crippen LogP contribution in [0.15, 0.2) is 6.07 Å². The fourth-order valence-electron chi connectivity index (χ4n) is 2.57. The van der Waals surface area contributed by atoms with Gasteiger partial charge in [0.05, 0.1) is 0 Å². The number of methoxy groups -OCH3 is 1. The van der Waals surface area contributed by atoms with Gasteiger partial charge in [0.25, 0.3) is 0 Å². The van der Waals surface area contributed by atoms with Gasteiger partial charge in [0.2, 0.25) is 0 Å². The first kappa shape index (κ1) is 14.5. The summed E-state index contributed by atoms with van der Waals surface area (Å²) in [6, 6.07) is 1.82. The number of carboxylic acids is 1. The summed E-state index contributed by atoms with van der Waals surface area (Å²) in [5, 5.41) is 9.01. The molecule has 0 radical (unpaired) electrons. The summed E-state index contributed by atoms with van der Waals surface area (Å²) >= 11 is 1.37. The Morgan fingerprint density at radius 3 is 2.74 bits per heavy atom. The molecular formula is C14H21NO3S. The number of piperidine rings is 1. The zero-order chi connectivity index (χ0) is 13.8.